The highest BCUT2D eigenvalue weighted by Gasteiger charge is 2.34. The summed E-state index contributed by atoms with van der Waals surface area (Å²) in [5, 5.41) is 13.0. The van der Waals surface area contributed by atoms with Crippen LogP contribution >= 0.6 is 0 Å². The van der Waals surface area contributed by atoms with Gasteiger partial charge in [0.15, 0.2) is 36.4 Å². The average molecular weight is 1410 g/mol. The normalized spacial score (nSPS) is 10.9. The Bertz CT molecular complexity index is 4980. The van der Waals surface area contributed by atoms with Gasteiger partial charge in [-0.2, -0.15) is 17.7 Å². The first-order chi connectivity index (χ1) is 46.9. The smallest absolute Gasteiger partial charge is 0.422 e. The van der Waals surface area contributed by atoms with Gasteiger partial charge in [-0.1, -0.05) is 91.7 Å². The van der Waals surface area contributed by atoms with E-state index >= 15 is 0 Å². The lowest BCUT2D eigenvalue weighted by Gasteiger charge is -2.13. The fourth-order valence-electron chi connectivity index (χ4n) is 11.7. The zero-order valence-corrected chi connectivity index (χ0v) is 56.5. The number of furan rings is 1. The summed E-state index contributed by atoms with van der Waals surface area (Å²) in [5.74, 6) is 0.866. The Balaban J connectivity index is 0.000000271. The van der Waals surface area contributed by atoms with E-state index in [9.17, 15) is 36.3 Å². The molecule has 12 aromatic rings. The topological polar surface area (TPSA) is 122 Å². The Labute approximate surface area is 603 Å². The lowest BCUT2D eigenvalue weighted by Crippen LogP contribution is -2.32. The maximum atomic E-state index is 13.4. The van der Waals surface area contributed by atoms with Crippen molar-refractivity contribution in [1.82, 2.24) is 0 Å². The fourth-order valence-corrected chi connectivity index (χ4v) is 11.7. The van der Waals surface area contributed by atoms with Crippen LogP contribution < -0.4 is 27.6 Å². The lowest BCUT2D eigenvalue weighted by atomic mass is 9.89. The van der Waals surface area contributed by atoms with Gasteiger partial charge < -0.3 is 19.0 Å². The minimum atomic E-state index is -4.37. The molecule has 6 aromatic carbocycles. The minimum absolute atomic E-state index is 0. The van der Waals surface area contributed by atoms with E-state index in [1.807, 2.05) is 131 Å². The van der Waals surface area contributed by atoms with Gasteiger partial charge in [0.05, 0.1) is 18.2 Å². The van der Waals surface area contributed by atoms with Crippen LogP contribution in [0.5, 0.6) is 5.75 Å². The van der Waals surface area contributed by atoms with Crippen LogP contribution in [0.15, 0.2) is 223 Å². The van der Waals surface area contributed by atoms with Gasteiger partial charge in [0.2, 0.25) is 39.7 Å². The second-order valence-electron chi connectivity index (χ2n) is 23.7. The zero-order chi connectivity index (χ0) is 70.5. The number of ketones is 2. The molecule has 12 nitrogen and oxygen atoms in total. The Hall–Kier alpha value is -11.2. The minimum Gasteiger partial charge on any atom is -0.493 e. The van der Waals surface area contributed by atoms with Gasteiger partial charge in [-0.3, -0.25) is 14.4 Å². The van der Waals surface area contributed by atoms with Gasteiger partial charge in [-0.15, -0.1) is 0 Å². The van der Waals surface area contributed by atoms with Crippen molar-refractivity contribution in [2.75, 3.05) is 6.61 Å². The molecule has 0 unspecified atom stereocenters. The molecule has 0 bridgehead atoms. The number of allylic oxidation sites excluding steroid dienone is 2. The van der Waals surface area contributed by atoms with E-state index in [2.05, 4.69) is 108 Å². The maximum absolute atomic E-state index is 13.4. The molecule has 13 rings (SSSR count). The Morgan fingerprint density at radius 2 is 1.08 bits per heavy atom. The number of hydrogen-bond acceptors (Lipinski definition) is 7. The third kappa shape index (κ3) is 19.9. The number of fused-ring (bicyclic) bond motifs is 3. The number of benzene rings is 6. The van der Waals surface area contributed by atoms with Crippen LogP contribution in [-0.2, 0) is 64.2 Å². The number of carbonyl (C=O) groups is 3. The van der Waals surface area contributed by atoms with Gasteiger partial charge in [-0.25, -0.2) is 27.0 Å². The SMILES string of the molecule is C.C.C.C.C.CCOc1cc[n+](C)c(-c2cc3c(cc2C)C(=O)C=CC3=O)c1.Cc1c(-c2cccc[n+]2C)ccc2ccccc12.Cc1c(F)cc(F)cc1-c1cccc[n+]1C.Cc1cc(CO)oc1-c1ccc2ccccc2[n+]1C.Cc1ccc(COC=O)cc1-c1ccc(C(F)(F)F)c[n+]1C. The molecule has 0 radical (unpaired) electrons. The van der Waals surface area contributed by atoms with Crippen LogP contribution in [0.25, 0.3) is 78.2 Å². The maximum Gasteiger partial charge on any atom is 0.422 e. The molecule has 1 N–H and O–H groups in total. The Morgan fingerprint density at radius 3 is 1.69 bits per heavy atom. The molecule has 0 saturated heterocycles. The van der Waals surface area contributed by atoms with Crippen LogP contribution in [0.4, 0.5) is 22.0 Å². The number of para-hydroxylation sites is 1. The molecule has 17 heteroatoms. The van der Waals surface area contributed by atoms with Crippen molar-refractivity contribution in [2.24, 2.45) is 35.2 Å². The van der Waals surface area contributed by atoms with Gasteiger partial charge in [0.1, 0.15) is 77.2 Å². The van der Waals surface area contributed by atoms with Crippen molar-refractivity contribution >= 4 is 39.7 Å². The van der Waals surface area contributed by atoms with Gasteiger partial charge in [-0.05, 0) is 159 Å². The summed E-state index contributed by atoms with van der Waals surface area (Å²) < 4.78 is 90.3. The van der Waals surface area contributed by atoms with E-state index in [4.69, 9.17) is 19.0 Å². The molecule has 538 valence electrons. The number of rotatable bonds is 11. The van der Waals surface area contributed by atoms with E-state index in [1.165, 1.54) is 61.8 Å². The van der Waals surface area contributed by atoms with E-state index < -0.39 is 23.4 Å². The van der Waals surface area contributed by atoms with Gasteiger partial charge >= 0.3 is 6.18 Å². The molecule has 0 fully saturated rings. The number of nitrogens with zero attached hydrogens (tertiary/aromatic N) is 5. The first-order valence-corrected chi connectivity index (χ1v) is 31.6. The number of aliphatic hydroxyl groups excluding tert-OH is 1. The second kappa shape index (κ2) is 37.5. The van der Waals surface area contributed by atoms with E-state index in [0.717, 1.165) is 85.8 Å². The molecule has 103 heavy (non-hydrogen) atoms. The molecule has 1 aliphatic carbocycles. The van der Waals surface area contributed by atoms with E-state index in [1.54, 1.807) is 32.2 Å². The van der Waals surface area contributed by atoms with Crippen LogP contribution in [0.1, 0.15) is 109 Å². The largest absolute Gasteiger partial charge is 0.493 e. The molecule has 0 atom stereocenters. The number of carbonyl (C=O) groups excluding carboxylic acids is 3. The quantitative estimate of drug-likeness (QED) is 0.0777. The van der Waals surface area contributed by atoms with Gasteiger partial charge in [0.25, 0.3) is 6.47 Å². The van der Waals surface area contributed by atoms with Crippen molar-refractivity contribution in [2.45, 2.75) is 98.1 Å². The highest BCUT2D eigenvalue weighted by atomic mass is 19.4. The summed E-state index contributed by atoms with van der Waals surface area (Å²) in [7, 11) is 9.47. The van der Waals surface area contributed by atoms with Crippen LogP contribution in [0, 0.1) is 46.3 Å². The first kappa shape index (κ1) is 84.2. The molecule has 6 aromatic heterocycles. The molecular formula is C86H97F5N5O7+5. The third-order valence-electron chi connectivity index (χ3n) is 17.0. The monoisotopic (exact) mass is 1410 g/mol. The summed E-state index contributed by atoms with van der Waals surface area (Å²) in [4.78, 5) is 34.3. The number of alkyl halides is 3. The van der Waals surface area contributed by atoms with Crippen LogP contribution in [0.3, 0.4) is 0 Å². The fraction of sp³-hybridized carbons (Fsp3) is 0.233. The molecule has 1 aliphatic rings. The predicted octanol–water partition coefficient (Wildman–Crippen LogP) is 18.3. The number of halogens is 5. The Morgan fingerprint density at radius 1 is 0.505 bits per heavy atom. The number of pyridine rings is 5. The highest BCUT2D eigenvalue weighted by molar-refractivity contribution is 6.22. The van der Waals surface area contributed by atoms with E-state index in [0.29, 0.717) is 46.8 Å². The van der Waals surface area contributed by atoms with Crippen molar-refractivity contribution in [1.29, 1.82) is 0 Å². The van der Waals surface area contributed by atoms with Crippen LogP contribution in [0.2, 0.25) is 0 Å². The second-order valence-corrected chi connectivity index (χ2v) is 23.7. The number of ether oxygens (including phenoxy) is 2. The Kier molecular flexibility index (Phi) is 30.7. The summed E-state index contributed by atoms with van der Waals surface area (Å²) in [6, 6.07) is 56.7. The van der Waals surface area contributed by atoms with E-state index in [-0.39, 0.29) is 61.9 Å². The van der Waals surface area contributed by atoms with Crippen molar-refractivity contribution in [3.63, 3.8) is 0 Å². The molecular weight excluding hydrogens is 1310 g/mol. The lowest BCUT2D eigenvalue weighted by molar-refractivity contribution is -0.661. The van der Waals surface area contributed by atoms with Crippen LogP contribution in [-0.4, -0.2) is 29.8 Å². The number of hydrogen-bond donors (Lipinski definition) is 1. The number of aromatic nitrogens is 5. The molecule has 0 aliphatic heterocycles. The zero-order valence-electron chi connectivity index (χ0n) is 56.5. The predicted molar refractivity (Wildman–Crippen MR) is 401 cm³/mol. The average Bonchev–Trinajstić information content (AvgIpc) is 1.53. The molecule has 0 saturated carbocycles. The third-order valence-corrected chi connectivity index (χ3v) is 17.0. The summed E-state index contributed by atoms with van der Waals surface area (Å²) in [5.41, 5.74) is 15.1. The van der Waals surface area contributed by atoms with Crippen molar-refractivity contribution in [3.8, 4) is 62.2 Å². The first-order valence-electron chi connectivity index (χ1n) is 31.6. The summed E-state index contributed by atoms with van der Waals surface area (Å²) >= 11 is 0. The molecule has 0 spiro atoms. The van der Waals surface area contributed by atoms with Crippen molar-refractivity contribution in [3.05, 3.63) is 286 Å². The summed E-state index contributed by atoms with van der Waals surface area (Å²) in [6.45, 7) is 12.6. The number of aryl methyl sites for hydroxylation is 9. The number of aliphatic hydroxyl groups is 1. The summed E-state index contributed by atoms with van der Waals surface area (Å²) in [6.07, 6.45) is 5.21. The highest BCUT2D eigenvalue weighted by Crippen LogP contribution is 2.33. The van der Waals surface area contributed by atoms with Crippen molar-refractivity contribution < 1.29 is 78.2 Å². The van der Waals surface area contributed by atoms with Gasteiger partial charge in [0, 0.05) is 93.4 Å². The standard InChI is InChI=1S/C19H18NO3.C17H16N.C16H15F3NO2.C16H16NO2.C13H12F2N.5CH4/c1-4-23-13-7-8-20(3)17(10-13)14-11-16-15(9-12(14)2)18(21)5-6-19(16)22;1-13-15-8-4-3-7-14(15)10-11-16(13)17-9-5-6-12-18(17)2;1-11-3-4-12(9-22-10-21)7-14(11)15-6-5-13(8-20(15)2)16(17,18)19;1-11-9-13(10-18)19-16(11)15-8-7-12-5-3-4-6-14(12)17(15)2;1-9-11(7-10(14)8-12(9)15)13-5-3-4-6-16(13)2;;;;;/h5-11H,4H2,1-3H3;3-12H,1-2H3;3-8,10H,9H2,1-2H3;3-9,18H,10H2,1-2H3;3-8H,1-2H3;5*1H4/q5*+1;;;;;. The molecule has 0 amide bonds. The molecule has 6 heterocycles.